The van der Waals surface area contributed by atoms with Gasteiger partial charge >= 0.3 is 5.97 Å². The van der Waals surface area contributed by atoms with E-state index >= 15 is 0 Å². The van der Waals surface area contributed by atoms with Crippen LogP contribution in [-0.2, 0) is 6.54 Å². The summed E-state index contributed by atoms with van der Waals surface area (Å²) in [5.41, 5.74) is 5.37. The van der Waals surface area contributed by atoms with Gasteiger partial charge in [-0.1, -0.05) is 42.5 Å². The molecule has 2 aromatic carbocycles. The molecule has 1 aliphatic rings. The third-order valence-electron chi connectivity index (χ3n) is 5.61. The van der Waals surface area contributed by atoms with Gasteiger partial charge in [-0.05, 0) is 55.6 Å². The fourth-order valence-electron chi connectivity index (χ4n) is 4.04. The van der Waals surface area contributed by atoms with Crippen molar-refractivity contribution in [2.45, 2.75) is 32.2 Å². The van der Waals surface area contributed by atoms with Crippen molar-refractivity contribution in [2.75, 3.05) is 13.1 Å². The first-order valence-corrected chi connectivity index (χ1v) is 10.0. The van der Waals surface area contributed by atoms with Gasteiger partial charge in [-0.2, -0.15) is 0 Å². The van der Waals surface area contributed by atoms with Gasteiger partial charge in [-0.15, -0.1) is 0 Å². The summed E-state index contributed by atoms with van der Waals surface area (Å²) < 4.78 is 0. The molecule has 5 nitrogen and oxygen atoms in total. The largest absolute Gasteiger partial charge is 0.478 e. The molecule has 0 saturated carbocycles. The molecule has 4 rings (SSSR count). The summed E-state index contributed by atoms with van der Waals surface area (Å²) in [4.78, 5) is 22.9. The van der Waals surface area contributed by atoms with Crippen LogP contribution >= 0.6 is 0 Å². The van der Waals surface area contributed by atoms with Crippen molar-refractivity contribution in [2.24, 2.45) is 0 Å². The van der Waals surface area contributed by atoms with Crippen LogP contribution in [0.25, 0.3) is 11.1 Å². The zero-order valence-electron chi connectivity index (χ0n) is 16.6. The first kappa shape index (κ1) is 19.3. The van der Waals surface area contributed by atoms with E-state index in [2.05, 4.69) is 27.0 Å². The van der Waals surface area contributed by atoms with Gasteiger partial charge < -0.3 is 5.11 Å². The van der Waals surface area contributed by atoms with Crippen molar-refractivity contribution in [3.05, 3.63) is 83.4 Å². The second-order valence-corrected chi connectivity index (χ2v) is 7.68. The van der Waals surface area contributed by atoms with Crippen LogP contribution in [0.5, 0.6) is 0 Å². The van der Waals surface area contributed by atoms with Crippen LogP contribution < -0.4 is 0 Å². The highest BCUT2D eigenvalue weighted by molar-refractivity contribution is 5.95. The predicted molar refractivity (Wildman–Crippen MR) is 113 cm³/mol. The zero-order valence-corrected chi connectivity index (χ0v) is 16.6. The first-order valence-electron chi connectivity index (χ1n) is 10.0. The molecule has 1 aliphatic heterocycles. The number of piperidine rings is 1. The Bertz CT molecular complexity index is 993. The number of rotatable bonds is 5. The Morgan fingerprint density at radius 2 is 1.79 bits per heavy atom. The van der Waals surface area contributed by atoms with Crippen LogP contribution in [0, 0.1) is 6.92 Å². The first-order chi connectivity index (χ1) is 14.1. The van der Waals surface area contributed by atoms with Crippen LogP contribution in [0.3, 0.4) is 0 Å². The fraction of sp³-hybridized carbons (Fsp3) is 0.292. The molecule has 0 radical (unpaired) electrons. The van der Waals surface area contributed by atoms with Crippen LogP contribution in [-0.4, -0.2) is 39.0 Å². The maximum Gasteiger partial charge on any atom is 0.336 e. The molecule has 0 spiro atoms. The number of likely N-dealkylation sites (tertiary alicyclic amines) is 1. The van der Waals surface area contributed by atoms with E-state index in [-0.39, 0.29) is 0 Å². The van der Waals surface area contributed by atoms with Crippen molar-refractivity contribution in [1.82, 2.24) is 14.9 Å². The van der Waals surface area contributed by atoms with Crippen molar-refractivity contribution in [1.29, 1.82) is 0 Å². The van der Waals surface area contributed by atoms with Gasteiger partial charge in [0.05, 0.1) is 17.0 Å². The van der Waals surface area contributed by atoms with Crippen LogP contribution in [0.4, 0.5) is 0 Å². The Kier molecular flexibility index (Phi) is 5.67. The van der Waals surface area contributed by atoms with E-state index < -0.39 is 5.97 Å². The highest BCUT2D eigenvalue weighted by atomic mass is 16.4. The summed E-state index contributed by atoms with van der Waals surface area (Å²) in [6.45, 7) is 4.99. The Morgan fingerprint density at radius 3 is 2.48 bits per heavy atom. The van der Waals surface area contributed by atoms with E-state index in [0.29, 0.717) is 11.5 Å². The van der Waals surface area contributed by atoms with E-state index in [1.165, 1.54) is 5.56 Å². The highest BCUT2D eigenvalue weighted by Crippen LogP contribution is 2.28. The molecule has 2 heterocycles. The summed E-state index contributed by atoms with van der Waals surface area (Å²) in [5.74, 6) is -0.403. The number of aryl methyl sites for hydroxylation is 1. The molecule has 0 aliphatic carbocycles. The number of carboxylic acids is 1. The SMILES string of the molecule is Cc1cncc(C2CCN(Cc3ccc(-c4ccccc4C(=O)O)cc3)CC2)n1. The standard InChI is InChI=1S/C24H25N3O2/c1-17-14-25-15-23(26-17)20-10-12-27(13-11-20)16-18-6-8-19(9-7-18)21-4-2-3-5-22(21)24(28)29/h2-9,14-15,20H,10-13,16H2,1H3,(H,28,29). The second-order valence-electron chi connectivity index (χ2n) is 7.68. The monoisotopic (exact) mass is 387 g/mol. The molecular weight excluding hydrogens is 362 g/mol. The molecule has 1 saturated heterocycles. The van der Waals surface area contributed by atoms with Gasteiger partial charge in [-0.25, -0.2) is 4.79 Å². The lowest BCUT2D eigenvalue weighted by Gasteiger charge is -2.31. The van der Waals surface area contributed by atoms with E-state index in [1.807, 2.05) is 37.4 Å². The van der Waals surface area contributed by atoms with Crippen molar-refractivity contribution in [3.8, 4) is 11.1 Å². The number of aromatic nitrogens is 2. The topological polar surface area (TPSA) is 66.3 Å². The third-order valence-corrected chi connectivity index (χ3v) is 5.61. The van der Waals surface area contributed by atoms with Gasteiger partial charge in [0.15, 0.2) is 0 Å². The van der Waals surface area contributed by atoms with E-state index in [4.69, 9.17) is 0 Å². The Labute approximate surface area is 171 Å². The predicted octanol–water partition coefficient (Wildman–Crippen LogP) is 4.53. The van der Waals surface area contributed by atoms with Crippen LogP contribution in [0.15, 0.2) is 60.9 Å². The van der Waals surface area contributed by atoms with E-state index in [1.54, 1.807) is 18.3 Å². The van der Waals surface area contributed by atoms with E-state index in [9.17, 15) is 9.90 Å². The molecule has 0 amide bonds. The molecule has 148 valence electrons. The normalized spacial score (nSPS) is 15.3. The number of carbonyl (C=O) groups is 1. The van der Waals surface area contributed by atoms with E-state index in [0.717, 1.165) is 55.0 Å². The molecular formula is C24H25N3O2. The number of benzene rings is 2. The van der Waals surface area contributed by atoms with Crippen molar-refractivity contribution in [3.63, 3.8) is 0 Å². The van der Waals surface area contributed by atoms with Crippen LogP contribution in [0.2, 0.25) is 0 Å². The lowest BCUT2D eigenvalue weighted by Crippen LogP contribution is -2.32. The minimum absolute atomic E-state index is 0.335. The summed E-state index contributed by atoms with van der Waals surface area (Å²) in [5, 5.41) is 9.40. The number of hydrogen-bond acceptors (Lipinski definition) is 4. The molecule has 5 heteroatoms. The Morgan fingerprint density at radius 1 is 1.07 bits per heavy atom. The molecule has 1 aromatic heterocycles. The van der Waals surface area contributed by atoms with Crippen molar-refractivity contribution >= 4 is 5.97 Å². The lowest BCUT2D eigenvalue weighted by molar-refractivity contribution is 0.0697. The fourth-order valence-corrected chi connectivity index (χ4v) is 4.04. The molecule has 0 atom stereocenters. The highest BCUT2D eigenvalue weighted by Gasteiger charge is 2.22. The maximum absolute atomic E-state index is 11.5. The summed E-state index contributed by atoms with van der Waals surface area (Å²) >= 11 is 0. The Hall–Kier alpha value is -3.05. The van der Waals surface area contributed by atoms with Gasteiger partial charge in [0.25, 0.3) is 0 Å². The minimum atomic E-state index is -0.897. The summed E-state index contributed by atoms with van der Waals surface area (Å²) in [7, 11) is 0. The van der Waals surface area contributed by atoms with Gasteiger partial charge in [0.2, 0.25) is 0 Å². The number of hydrogen-bond donors (Lipinski definition) is 1. The van der Waals surface area contributed by atoms with Crippen LogP contribution in [0.1, 0.15) is 46.1 Å². The number of aromatic carboxylic acids is 1. The molecule has 3 aromatic rings. The van der Waals surface area contributed by atoms with Gasteiger partial charge in [0.1, 0.15) is 0 Å². The number of nitrogens with zero attached hydrogens (tertiary/aromatic N) is 3. The van der Waals surface area contributed by atoms with Gasteiger partial charge in [-0.3, -0.25) is 14.9 Å². The van der Waals surface area contributed by atoms with Crippen molar-refractivity contribution < 1.29 is 9.90 Å². The summed E-state index contributed by atoms with van der Waals surface area (Å²) in [6.07, 6.45) is 5.91. The lowest BCUT2D eigenvalue weighted by atomic mass is 9.93. The number of carboxylic acid groups (broad SMARTS) is 1. The molecule has 0 bridgehead atoms. The molecule has 1 fully saturated rings. The summed E-state index contributed by atoms with van der Waals surface area (Å²) in [6, 6.07) is 15.4. The molecule has 1 N–H and O–H groups in total. The minimum Gasteiger partial charge on any atom is -0.478 e. The molecule has 0 unspecified atom stereocenters. The molecule has 29 heavy (non-hydrogen) atoms. The smallest absolute Gasteiger partial charge is 0.336 e. The third kappa shape index (κ3) is 4.51. The average molecular weight is 387 g/mol. The average Bonchev–Trinajstić information content (AvgIpc) is 2.75. The second kappa shape index (κ2) is 8.53. The van der Waals surface area contributed by atoms with Gasteiger partial charge in [0, 0.05) is 24.9 Å². The maximum atomic E-state index is 11.5. The zero-order chi connectivity index (χ0) is 20.2. The Balaban J connectivity index is 1.38. The quantitative estimate of drug-likeness (QED) is 0.697.